The number of carbonyl (C=O) groups is 1. The summed E-state index contributed by atoms with van der Waals surface area (Å²) in [6, 6.07) is 0. The average Bonchev–Trinajstić information content (AvgIpc) is 3.27. The van der Waals surface area contributed by atoms with Crippen molar-refractivity contribution in [3.8, 4) is 0 Å². The lowest BCUT2D eigenvalue weighted by Crippen LogP contribution is -2.29. The molecule has 0 aromatic carbocycles. The molecule has 1 saturated carbocycles. The van der Waals surface area contributed by atoms with Gasteiger partial charge in [-0.3, -0.25) is 10.0 Å². The number of thioether (sulfide) groups is 1. The number of carbonyl (C=O) groups excluding carboxylic acids is 1. The molecule has 0 radical (unpaired) electrons. The van der Waals surface area contributed by atoms with Crippen molar-refractivity contribution < 1.29 is 19.5 Å². The Bertz CT molecular complexity index is 455. The molecule has 3 aliphatic rings. The van der Waals surface area contributed by atoms with E-state index in [1.165, 1.54) is 64.2 Å². The largest absolute Gasteiger partial charge is 0.381 e. The quantitative estimate of drug-likeness (QED) is 0.319. The first-order valence-electron chi connectivity index (χ1n) is 11.0. The first-order valence-corrected chi connectivity index (χ1v) is 12.0. The van der Waals surface area contributed by atoms with Gasteiger partial charge < -0.3 is 9.47 Å². The van der Waals surface area contributed by atoms with Crippen LogP contribution < -0.4 is 0 Å². The zero-order valence-electron chi connectivity index (χ0n) is 16.8. The number of ether oxygens (including phenoxy) is 2. The van der Waals surface area contributed by atoms with E-state index < -0.39 is 0 Å². The molecule has 1 aliphatic carbocycles. The molecule has 2 aliphatic heterocycles. The molecule has 6 heteroatoms. The number of hydrogen-bond acceptors (Lipinski definition) is 5. The molecule has 27 heavy (non-hydrogen) atoms. The minimum absolute atomic E-state index is 0.254. The van der Waals surface area contributed by atoms with Crippen LogP contribution in [0.15, 0.2) is 0 Å². The maximum absolute atomic E-state index is 11.3. The molecular formula is C21H37NO4S. The van der Waals surface area contributed by atoms with Crippen LogP contribution in [0.4, 0.5) is 0 Å². The number of amides is 1. The Balaban J connectivity index is 1.31. The molecule has 0 aromatic heterocycles. The normalized spacial score (nSPS) is 30.7. The van der Waals surface area contributed by atoms with E-state index in [1.54, 1.807) is 0 Å². The Morgan fingerprint density at radius 3 is 2.48 bits per heavy atom. The van der Waals surface area contributed by atoms with Crippen molar-refractivity contribution in [3.63, 3.8) is 0 Å². The smallest absolute Gasteiger partial charge is 0.245 e. The van der Waals surface area contributed by atoms with E-state index in [-0.39, 0.29) is 5.91 Å². The summed E-state index contributed by atoms with van der Waals surface area (Å²) in [5.74, 6) is 2.40. The first kappa shape index (κ1) is 21.4. The predicted octanol–water partition coefficient (Wildman–Crippen LogP) is 4.27. The molecule has 4 unspecified atom stereocenters. The van der Waals surface area contributed by atoms with Crippen LogP contribution in [0.3, 0.4) is 0 Å². The van der Waals surface area contributed by atoms with Crippen molar-refractivity contribution in [2.75, 3.05) is 26.0 Å². The lowest BCUT2D eigenvalue weighted by molar-refractivity contribution is -0.159. The summed E-state index contributed by atoms with van der Waals surface area (Å²) in [5, 5.41) is 10.6. The Labute approximate surface area is 168 Å². The van der Waals surface area contributed by atoms with Gasteiger partial charge in [0.2, 0.25) is 5.91 Å². The number of hydrogen-bond donors (Lipinski definition) is 1. The molecule has 0 aromatic rings. The van der Waals surface area contributed by atoms with Crippen molar-refractivity contribution in [1.29, 1.82) is 0 Å². The van der Waals surface area contributed by atoms with Crippen LogP contribution in [0.2, 0.25) is 0 Å². The summed E-state index contributed by atoms with van der Waals surface area (Å²) in [6.07, 6.45) is 13.9. The van der Waals surface area contributed by atoms with Gasteiger partial charge in [-0.1, -0.05) is 19.3 Å². The molecular weight excluding hydrogens is 362 g/mol. The van der Waals surface area contributed by atoms with E-state index in [1.807, 2.05) is 0 Å². The molecule has 1 amide bonds. The molecule has 4 atom stereocenters. The van der Waals surface area contributed by atoms with Gasteiger partial charge in [0.25, 0.3) is 0 Å². The van der Waals surface area contributed by atoms with Gasteiger partial charge in [-0.2, -0.15) is 11.8 Å². The van der Waals surface area contributed by atoms with Crippen molar-refractivity contribution in [1.82, 2.24) is 5.06 Å². The number of rotatable bonds is 11. The van der Waals surface area contributed by atoms with Gasteiger partial charge in [0.15, 0.2) is 0 Å². The van der Waals surface area contributed by atoms with Crippen molar-refractivity contribution in [2.45, 2.75) is 88.1 Å². The highest BCUT2D eigenvalue weighted by Crippen LogP contribution is 2.47. The maximum atomic E-state index is 11.3. The molecule has 3 rings (SSSR count). The van der Waals surface area contributed by atoms with Crippen LogP contribution >= 0.6 is 11.8 Å². The van der Waals surface area contributed by atoms with Gasteiger partial charge in [-0.15, -0.1) is 0 Å². The van der Waals surface area contributed by atoms with E-state index in [0.717, 1.165) is 18.3 Å². The van der Waals surface area contributed by atoms with E-state index in [9.17, 15) is 4.79 Å². The predicted molar refractivity (Wildman–Crippen MR) is 108 cm³/mol. The number of nitrogens with zero attached hydrogens (tertiary/aromatic N) is 1. The summed E-state index contributed by atoms with van der Waals surface area (Å²) in [4.78, 5) is 11.3. The summed E-state index contributed by atoms with van der Waals surface area (Å²) in [6.45, 7) is 1.34. The van der Waals surface area contributed by atoms with Crippen LogP contribution in [0.1, 0.15) is 70.6 Å². The van der Waals surface area contributed by atoms with Crippen molar-refractivity contribution in [2.24, 2.45) is 11.8 Å². The van der Waals surface area contributed by atoms with Crippen molar-refractivity contribution in [3.05, 3.63) is 0 Å². The first-order chi connectivity index (χ1) is 13.1. The van der Waals surface area contributed by atoms with Gasteiger partial charge in [-0.25, -0.2) is 5.06 Å². The second-order valence-electron chi connectivity index (χ2n) is 8.46. The molecule has 2 bridgehead atoms. The van der Waals surface area contributed by atoms with Gasteiger partial charge in [0.05, 0.1) is 12.2 Å². The van der Waals surface area contributed by atoms with Crippen LogP contribution in [0.5, 0.6) is 0 Å². The Hall–Kier alpha value is -0.300. The zero-order chi connectivity index (χ0) is 19.1. The fourth-order valence-corrected chi connectivity index (χ4v) is 6.49. The molecule has 5 nitrogen and oxygen atoms in total. The summed E-state index contributed by atoms with van der Waals surface area (Å²) in [7, 11) is 1.37. The molecule has 2 heterocycles. The monoisotopic (exact) mass is 399 g/mol. The topological polar surface area (TPSA) is 59.0 Å². The molecule has 3 fully saturated rings. The highest BCUT2D eigenvalue weighted by molar-refractivity contribution is 7.99. The Morgan fingerprint density at radius 1 is 1.07 bits per heavy atom. The highest BCUT2D eigenvalue weighted by Gasteiger charge is 2.47. The molecule has 1 N–H and O–H groups in total. The minimum atomic E-state index is -0.254. The molecule has 156 valence electrons. The number of hydroxylamine groups is 2. The standard InChI is InChI=1S/C21H37NO4S/c1-22(24)21(23)8-5-13-25-14-11-17-18(20-10-9-19(17)26-20)12-15-27-16-6-3-2-4-7-16/h16-20,24H,2-15H2,1H3. The van der Waals surface area contributed by atoms with E-state index in [2.05, 4.69) is 11.8 Å². The lowest BCUT2D eigenvalue weighted by Gasteiger charge is -2.29. The maximum Gasteiger partial charge on any atom is 0.245 e. The summed E-state index contributed by atoms with van der Waals surface area (Å²) >= 11 is 2.21. The van der Waals surface area contributed by atoms with E-state index >= 15 is 0 Å². The zero-order valence-corrected chi connectivity index (χ0v) is 17.6. The Morgan fingerprint density at radius 2 is 1.78 bits per heavy atom. The molecule has 0 spiro atoms. The average molecular weight is 400 g/mol. The van der Waals surface area contributed by atoms with Gasteiger partial charge in [-0.05, 0) is 62.5 Å². The highest BCUT2D eigenvalue weighted by atomic mass is 32.2. The lowest BCUT2D eigenvalue weighted by atomic mass is 9.76. The molecule has 2 saturated heterocycles. The van der Waals surface area contributed by atoms with Crippen LogP contribution in [0.25, 0.3) is 0 Å². The van der Waals surface area contributed by atoms with E-state index in [0.29, 0.717) is 48.6 Å². The SMILES string of the molecule is CN(O)C(=O)CCCOCCC1C2CCC(O2)C1CCSC1CCCCC1. The van der Waals surface area contributed by atoms with Crippen LogP contribution in [-0.2, 0) is 14.3 Å². The fraction of sp³-hybridized carbons (Fsp3) is 0.952. The third kappa shape index (κ3) is 6.34. The van der Waals surface area contributed by atoms with Crippen LogP contribution in [-0.4, -0.2) is 59.6 Å². The van der Waals surface area contributed by atoms with E-state index in [4.69, 9.17) is 14.7 Å². The van der Waals surface area contributed by atoms with Gasteiger partial charge in [0, 0.05) is 31.9 Å². The third-order valence-electron chi connectivity index (χ3n) is 6.58. The van der Waals surface area contributed by atoms with Gasteiger partial charge in [0.1, 0.15) is 0 Å². The van der Waals surface area contributed by atoms with Crippen LogP contribution in [0, 0.1) is 11.8 Å². The second kappa shape index (κ2) is 11.0. The minimum Gasteiger partial charge on any atom is -0.381 e. The van der Waals surface area contributed by atoms with Crippen molar-refractivity contribution >= 4 is 17.7 Å². The third-order valence-corrected chi connectivity index (χ3v) is 8.00. The second-order valence-corrected chi connectivity index (χ2v) is 9.87. The fourth-order valence-electron chi connectivity index (χ4n) is 5.08. The summed E-state index contributed by atoms with van der Waals surface area (Å²) < 4.78 is 12.0. The summed E-state index contributed by atoms with van der Waals surface area (Å²) in [5.41, 5.74) is 0. The Kier molecular flexibility index (Phi) is 8.75. The van der Waals surface area contributed by atoms with Gasteiger partial charge >= 0.3 is 0 Å². The number of fused-ring (bicyclic) bond motifs is 2.